The SMILES string of the molecule is O=S(=O)(c1ccc(F)c(F)c1)N1CCN(c2cccc[nH+]2)CC1. The van der Waals surface area contributed by atoms with Crippen LogP contribution in [0.4, 0.5) is 14.6 Å². The van der Waals surface area contributed by atoms with Gasteiger partial charge in [-0.1, -0.05) is 6.07 Å². The maximum atomic E-state index is 13.3. The van der Waals surface area contributed by atoms with Gasteiger partial charge in [0.1, 0.15) is 0 Å². The number of nitrogens with one attached hydrogen (secondary N) is 1. The van der Waals surface area contributed by atoms with Crippen LogP contribution in [0.15, 0.2) is 47.5 Å². The minimum atomic E-state index is -3.82. The Kier molecular flexibility index (Phi) is 4.27. The molecule has 1 aliphatic rings. The van der Waals surface area contributed by atoms with Crippen LogP contribution in [-0.2, 0) is 10.0 Å². The van der Waals surface area contributed by atoms with Crippen LogP contribution >= 0.6 is 0 Å². The van der Waals surface area contributed by atoms with Crippen molar-refractivity contribution in [2.45, 2.75) is 4.90 Å². The van der Waals surface area contributed by atoms with Crippen molar-refractivity contribution >= 4 is 15.8 Å². The Morgan fingerprint density at radius 2 is 1.70 bits per heavy atom. The van der Waals surface area contributed by atoms with Crippen molar-refractivity contribution in [1.29, 1.82) is 0 Å². The van der Waals surface area contributed by atoms with Crippen LogP contribution in [0.25, 0.3) is 0 Å². The molecule has 1 N–H and O–H groups in total. The van der Waals surface area contributed by atoms with Crippen molar-refractivity contribution in [2.75, 3.05) is 31.1 Å². The summed E-state index contributed by atoms with van der Waals surface area (Å²) < 4.78 is 52.6. The number of aromatic nitrogens is 1. The number of nitrogens with zero attached hydrogens (tertiary/aromatic N) is 2. The number of sulfonamides is 1. The molecule has 0 saturated carbocycles. The van der Waals surface area contributed by atoms with E-state index in [-0.39, 0.29) is 18.0 Å². The lowest BCUT2D eigenvalue weighted by molar-refractivity contribution is -0.364. The van der Waals surface area contributed by atoms with Crippen LogP contribution in [0.5, 0.6) is 0 Å². The fourth-order valence-corrected chi connectivity index (χ4v) is 3.97. The molecule has 122 valence electrons. The Balaban J connectivity index is 1.75. The quantitative estimate of drug-likeness (QED) is 0.846. The zero-order valence-corrected chi connectivity index (χ0v) is 13.1. The van der Waals surface area contributed by atoms with Gasteiger partial charge in [0.15, 0.2) is 11.6 Å². The average Bonchev–Trinajstić information content (AvgIpc) is 2.58. The normalized spacial score (nSPS) is 16.5. The predicted molar refractivity (Wildman–Crippen MR) is 80.3 cm³/mol. The fourth-order valence-electron chi connectivity index (χ4n) is 2.54. The third-order valence-electron chi connectivity index (χ3n) is 3.80. The van der Waals surface area contributed by atoms with E-state index < -0.39 is 21.7 Å². The molecule has 0 spiro atoms. The topological polar surface area (TPSA) is 54.8 Å². The first-order valence-corrected chi connectivity index (χ1v) is 8.59. The summed E-state index contributed by atoms with van der Waals surface area (Å²) in [6.07, 6.45) is 1.81. The van der Waals surface area contributed by atoms with Gasteiger partial charge >= 0.3 is 0 Å². The average molecular weight is 340 g/mol. The summed E-state index contributed by atoms with van der Waals surface area (Å²) in [4.78, 5) is 4.92. The smallest absolute Gasteiger partial charge is 0.259 e. The molecule has 1 aliphatic heterocycles. The minimum absolute atomic E-state index is 0.226. The van der Waals surface area contributed by atoms with Crippen LogP contribution in [0, 0.1) is 11.6 Å². The van der Waals surface area contributed by atoms with E-state index in [2.05, 4.69) is 4.98 Å². The molecule has 1 fully saturated rings. The lowest BCUT2D eigenvalue weighted by Crippen LogP contribution is -2.49. The zero-order chi connectivity index (χ0) is 16.4. The number of hydrogen-bond donors (Lipinski definition) is 0. The molecule has 1 saturated heterocycles. The highest BCUT2D eigenvalue weighted by molar-refractivity contribution is 7.89. The summed E-state index contributed by atoms with van der Waals surface area (Å²) >= 11 is 0. The largest absolute Gasteiger partial charge is 0.274 e. The second-order valence-corrected chi connectivity index (χ2v) is 7.15. The molecular formula is C15H16F2N3O2S+. The van der Waals surface area contributed by atoms with E-state index in [4.69, 9.17) is 0 Å². The molecule has 1 aromatic heterocycles. The zero-order valence-electron chi connectivity index (χ0n) is 12.2. The monoisotopic (exact) mass is 340 g/mol. The highest BCUT2D eigenvalue weighted by Gasteiger charge is 2.32. The number of aromatic amines is 1. The van der Waals surface area contributed by atoms with Crippen molar-refractivity contribution in [2.24, 2.45) is 0 Å². The van der Waals surface area contributed by atoms with Gasteiger partial charge in [-0.05, 0) is 24.3 Å². The number of hydrogen-bond acceptors (Lipinski definition) is 3. The summed E-state index contributed by atoms with van der Waals surface area (Å²) in [5.74, 6) is -1.31. The van der Waals surface area contributed by atoms with Crippen LogP contribution in [0.1, 0.15) is 0 Å². The second-order valence-electron chi connectivity index (χ2n) is 5.21. The summed E-state index contributed by atoms with van der Waals surface area (Å²) in [5, 5.41) is 0. The molecule has 23 heavy (non-hydrogen) atoms. The van der Waals surface area contributed by atoms with Crippen LogP contribution < -0.4 is 9.88 Å². The first-order valence-electron chi connectivity index (χ1n) is 7.15. The number of H-pyrrole nitrogens is 1. The minimum Gasteiger partial charge on any atom is -0.259 e. The lowest BCUT2D eigenvalue weighted by Gasteiger charge is -2.30. The first-order chi connectivity index (χ1) is 11.0. The molecule has 1 aromatic carbocycles. The van der Waals surface area contributed by atoms with Gasteiger partial charge in [0, 0.05) is 6.07 Å². The van der Waals surface area contributed by atoms with Gasteiger partial charge in [-0.25, -0.2) is 22.2 Å². The van der Waals surface area contributed by atoms with Gasteiger partial charge in [0.25, 0.3) is 5.82 Å². The summed E-state index contributed by atoms with van der Waals surface area (Å²) in [6, 6.07) is 8.33. The van der Waals surface area contributed by atoms with Gasteiger partial charge in [0.05, 0.1) is 37.3 Å². The van der Waals surface area contributed by atoms with Crippen molar-refractivity contribution in [1.82, 2.24) is 4.31 Å². The van der Waals surface area contributed by atoms with Gasteiger partial charge in [-0.2, -0.15) is 4.31 Å². The Bertz CT molecular complexity index is 792. The van der Waals surface area contributed by atoms with E-state index in [9.17, 15) is 17.2 Å². The molecule has 3 rings (SSSR count). The van der Waals surface area contributed by atoms with E-state index in [1.807, 2.05) is 23.1 Å². The van der Waals surface area contributed by atoms with Crippen molar-refractivity contribution in [3.8, 4) is 0 Å². The van der Waals surface area contributed by atoms with Crippen LogP contribution in [0.3, 0.4) is 0 Å². The Morgan fingerprint density at radius 3 is 2.30 bits per heavy atom. The van der Waals surface area contributed by atoms with Crippen LogP contribution in [0.2, 0.25) is 0 Å². The molecule has 8 heteroatoms. The fraction of sp³-hybridized carbons (Fsp3) is 0.267. The van der Waals surface area contributed by atoms with Gasteiger partial charge in [0.2, 0.25) is 10.0 Å². The molecule has 0 bridgehead atoms. The molecule has 0 unspecified atom stereocenters. The van der Waals surface area contributed by atoms with Crippen molar-refractivity contribution in [3.63, 3.8) is 0 Å². The lowest BCUT2D eigenvalue weighted by atomic mass is 10.3. The summed E-state index contributed by atoms with van der Waals surface area (Å²) in [7, 11) is -3.82. The summed E-state index contributed by atoms with van der Waals surface area (Å²) in [5.41, 5.74) is 0. The highest BCUT2D eigenvalue weighted by Crippen LogP contribution is 2.20. The van der Waals surface area contributed by atoms with Crippen molar-refractivity contribution < 1.29 is 22.2 Å². The number of pyridine rings is 1. The highest BCUT2D eigenvalue weighted by atomic mass is 32.2. The van der Waals surface area contributed by atoms with Crippen LogP contribution in [-0.4, -0.2) is 38.9 Å². The maximum Gasteiger partial charge on any atom is 0.274 e. The Labute approximate surface area is 133 Å². The summed E-state index contributed by atoms with van der Waals surface area (Å²) in [6.45, 7) is 1.60. The number of anilines is 1. The predicted octanol–water partition coefficient (Wildman–Crippen LogP) is 1.29. The van der Waals surface area contributed by atoms with E-state index in [1.165, 1.54) is 4.31 Å². The van der Waals surface area contributed by atoms with E-state index in [0.29, 0.717) is 13.1 Å². The van der Waals surface area contributed by atoms with Gasteiger partial charge < -0.3 is 0 Å². The molecule has 2 heterocycles. The van der Waals surface area contributed by atoms with Crippen molar-refractivity contribution in [3.05, 3.63) is 54.2 Å². The Hall–Kier alpha value is -2.06. The second kappa shape index (κ2) is 6.21. The third-order valence-corrected chi connectivity index (χ3v) is 5.70. The van der Waals surface area contributed by atoms with Gasteiger partial charge in [-0.3, -0.25) is 4.90 Å². The van der Waals surface area contributed by atoms with Gasteiger partial charge in [-0.15, -0.1) is 0 Å². The van der Waals surface area contributed by atoms with E-state index >= 15 is 0 Å². The molecule has 0 atom stereocenters. The maximum absolute atomic E-state index is 13.3. The first kappa shape index (κ1) is 15.8. The molecule has 2 aromatic rings. The molecule has 5 nitrogen and oxygen atoms in total. The number of rotatable bonds is 3. The number of piperazine rings is 1. The van der Waals surface area contributed by atoms with E-state index in [0.717, 1.165) is 24.0 Å². The molecular weight excluding hydrogens is 324 g/mol. The standard InChI is InChI=1S/C15H15F2N3O2S/c16-13-5-4-12(11-14(13)17)23(21,22)20-9-7-19(8-10-20)15-3-1-2-6-18-15/h1-6,11H,7-10H2/p+1. The Morgan fingerprint density at radius 1 is 0.957 bits per heavy atom. The van der Waals surface area contributed by atoms with E-state index in [1.54, 1.807) is 6.20 Å². The third kappa shape index (κ3) is 3.18. The molecule has 0 radical (unpaired) electrons. The molecule has 0 amide bonds. The molecule has 0 aliphatic carbocycles. The number of benzene rings is 1. The number of halogens is 2.